The lowest BCUT2D eigenvalue weighted by molar-refractivity contribution is 1.01. The first-order valence-corrected chi connectivity index (χ1v) is 5.78. The van der Waals surface area contributed by atoms with Gasteiger partial charge in [0.05, 0.1) is 0 Å². The number of aryl methyl sites for hydroxylation is 1. The highest BCUT2D eigenvalue weighted by Crippen LogP contribution is 2.28. The Labute approximate surface area is 96.2 Å². The maximum Gasteiger partial charge on any atom is 0.0490 e. The number of hydrogen-bond acceptors (Lipinski definition) is 1. The van der Waals surface area contributed by atoms with Gasteiger partial charge in [-0.2, -0.15) is 0 Å². The van der Waals surface area contributed by atoms with Crippen LogP contribution < -0.4 is 11.0 Å². The second-order valence-electron chi connectivity index (χ2n) is 4.11. The highest BCUT2D eigenvalue weighted by molar-refractivity contribution is 7.27. The van der Waals surface area contributed by atoms with Gasteiger partial charge >= 0.3 is 0 Å². The molecule has 1 unspecified atom stereocenters. The zero-order chi connectivity index (χ0) is 11.3. The summed E-state index contributed by atoms with van der Waals surface area (Å²) < 4.78 is 2.20. The molecule has 1 heterocycles. The molecule has 2 nitrogen and oxygen atoms in total. The maximum atomic E-state index is 5.85. The summed E-state index contributed by atoms with van der Waals surface area (Å²) in [5.74, 6) is 0. The first kappa shape index (κ1) is 9.68. The number of rotatable bonds is 0. The highest BCUT2D eigenvalue weighted by atomic mass is 31.0. The van der Waals surface area contributed by atoms with E-state index in [4.69, 9.17) is 5.73 Å². The molecule has 2 aromatic carbocycles. The number of benzene rings is 2. The van der Waals surface area contributed by atoms with Crippen LogP contribution in [0.2, 0.25) is 0 Å². The fraction of sp³-hybridized carbons (Fsp3) is 0.0769. The van der Waals surface area contributed by atoms with Gasteiger partial charge in [-0.1, -0.05) is 6.07 Å². The van der Waals surface area contributed by atoms with Crippen molar-refractivity contribution < 1.29 is 0 Å². The average Bonchev–Trinajstić information content (AvgIpc) is 2.52. The Bertz CT molecular complexity index is 639. The van der Waals surface area contributed by atoms with Crippen LogP contribution in [0.5, 0.6) is 0 Å². The van der Waals surface area contributed by atoms with E-state index in [-0.39, 0.29) is 0 Å². The first-order valence-electron chi connectivity index (χ1n) is 5.20. The van der Waals surface area contributed by atoms with Crippen LogP contribution in [0.4, 0.5) is 5.69 Å². The van der Waals surface area contributed by atoms with E-state index in [0.717, 1.165) is 5.69 Å². The molecule has 16 heavy (non-hydrogen) atoms. The van der Waals surface area contributed by atoms with Gasteiger partial charge < -0.3 is 10.3 Å². The number of hydrogen-bond donors (Lipinski definition) is 1. The van der Waals surface area contributed by atoms with Crippen molar-refractivity contribution in [2.45, 2.75) is 0 Å². The minimum Gasteiger partial charge on any atom is -0.399 e. The van der Waals surface area contributed by atoms with Crippen molar-refractivity contribution in [1.82, 2.24) is 4.57 Å². The summed E-state index contributed by atoms with van der Waals surface area (Å²) in [6.07, 6.45) is 0. The third-order valence-corrected chi connectivity index (χ3v) is 3.41. The summed E-state index contributed by atoms with van der Waals surface area (Å²) in [6, 6.07) is 12.5. The van der Waals surface area contributed by atoms with Gasteiger partial charge in [-0.15, -0.1) is 9.24 Å². The van der Waals surface area contributed by atoms with E-state index in [2.05, 4.69) is 45.1 Å². The Morgan fingerprint density at radius 1 is 1.00 bits per heavy atom. The fourth-order valence-electron chi connectivity index (χ4n) is 2.25. The summed E-state index contributed by atoms with van der Waals surface area (Å²) in [6.45, 7) is 0. The molecule has 1 aromatic heterocycles. The molecule has 0 fully saturated rings. The van der Waals surface area contributed by atoms with E-state index in [0.29, 0.717) is 0 Å². The summed E-state index contributed by atoms with van der Waals surface area (Å²) in [4.78, 5) is 0. The van der Waals surface area contributed by atoms with Gasteiger partial charge in [0.1, 0.15) is 0 Å². The normalized spacial score (nSPS) is 11.4. The molecule has 0 aliphatic heterocycles. The number of nitrogen functional groups attached to an aromatic ring is 1. The third-order valence-electron chi connectivity index (χ3n) is 3.05. The lowest BCUT2D eigenvalue weighted by atomic mass is 10.1. The lowest BCUT2D eigenvalue weighted by Gasteiger charge is -1.97. The topological polar surface area (TPSA) is 30.9 Å². The molecule has 1 atom stereocenters. The number of anilines is 1. The molecule has 0 spiro atoms. The van der Waals surface area contributed by atoms with Crippen LogP contribution in [0.1, 0.15) is 0 Å². The predicted molar refractivity (Wildman–Crippen MR) is 74.2 cm³/mol. The molecule has 0 radical (unpaired) electrons. The molecule has 3 aromatic rings. The van der Waals surface area contributed by atoms with Gasteiger partial charge in [0.15, 0.2) is 0 Å². The largest absolute Gasteiger partial charge is 0.399 e. The molecule has 0 aliphatic rings. The molecule has 3 rings (SSSR count). The SMILES string of the molecule is Cn1c2ccc(N)cc2c2cc(P)ccc21. The van der Waals surface area contributed by atoms with Crippen molar-refractivity contribution >= 4 is 42.0 Å². The van der Waals surface area contributed by atoms with Gasteiger partial charge in [-0.3, -0.25) is 0 Å². The van der Waals surface area contributed by atoms with E-state index >= 15 is 0 Å². The Hall–Kier alpha value is -1.53. The van der Waals surface area contributed by atoms with Crippen LogP contribution in [-0.2, 0) is 7.05 Å². The van der Waals surface area contributed by atoms with E-state index in [1.54, 1.807) is 0 Å². The minimum absolute atomic E-state index is 0.814. The van der Waals surface area contributed by atoms with Crippen molar-refractivity contribution in [2.75, 3.05) is 5.73 Å². The molecule has 0 aliphatic carbocycles. The summed E-state index contributed by atoms with van der Waals surface area (Å²) in [5, 5.41) is 3.68. The van der Waals surface area contributed by atoms with Crippen LogP contribution in [-0.4, -0.2) is 4.57 Å². The highest BCUT2D eigenvalue weighted by Gasteiger charge is 2.07. The van der Waals surface area contributed by atoms with Gasteiger partial charge in [0.25, 0.3) is 0 Å². The second-order valence-corrected chi connectivity index (χ2v) is 4.78. The predicted octanol–water partition coefficient (Wildman–Crippen LogP) is 2.41. The van der Waals surface area contributed by atoms with E-state index < -0.39 is 0 Å². The zero-order valence-electron chi connectivity index (χ0n) is 9.07. The van der Waals surface area contributed by atoms with Gasteiger partial charge in [-0.25, -0.2) is 0 Å². The molecule has 2 N–H and O–H groups in total. The Balaban J connectivity index is 2.60. The van der Waals surface area contributed by atoms with Crippen LogP contribution in [0, 0.1) is 0 Å². The molecular weight excluding hydrogens is 215 g/mol. The molecule has 0 saturated heterocycles. The Kier molecular flexibility index (Phi) is 1.95. The second kappa shape index (κ2) is 3.23. The standard InChI is InChI=1S/C13H13N2P/c1-15-12-4-2-8(14)6-10(12)11-7-9(16)3-5-13(11)15/h2-7H,14,16H2,1H3. The Morgan fingerprint density at radius 2 is 1.62 bits per heavy atom. The van der Waals surface area contributed by atoms with Crippen LogP contribution >= 0.6 is 9.24 Å². The van der Waals surface area contributed by atoms with Crippen molar-refractivity contribution in [3.63, 3.8) is 0 Å². The monoisotopic (exact) mass is 228 g/mol. The first-order chi connectivity index (χ1) is 7.66. The van der Waals surface area contributed by atoms with E-state index in [9.17, 15) is 0 Å². The van der Waals surface area contributed by atoms with Gasteiger partial charge in [0, 0.05) is 34.5 Å². The molecule has 0 saturated carbocycles. The molecule has 80 valence electrons. The third kappa shape index (κ3) is 1.23. The number of aromatic nitrogens is 1. The summed E-state index contributed by atoms with van der Waals surface area (Å²) in [7, 11) is 4.82. The van der Waals surface area contributed by atoms with Crippen molar-refractivity contribution in [1.29, 1.82) is 0 Å². The van der Waals surface area contributed by atoms with Gasteiger partial charge in [0.2, 0.25) is 0 Å². The summed E-state index contributed by atoms with van der Waals surface area (Å²) >= 11 is 0. The quantitative estimate of drug-likeness (QED) is 0.465. The van der Waals surface area contributed by atoms with E-state index in [1.165, 1.54) is 27.1 Å². The smallest absolute Gasteiger partial charge is 0.0490 e. The fourth-order valence-corrected chi connectivity index (χ4v) is 2.52. The van der Waals surface area contributed by atoms with Crippen LogP contribution in [0.25, 0.3) is 21.8 Å². The molecule has 3 heteroatoms. The van der Waals surface area contributed by atoms with Gasteiger partial charge in [-0.05, 0) is 35.6 Å². The number of fused-ring (bicyclic) bond motifs is 3. The minimum atomic E-state index is 0.814. The molecule has 0 amide bonds. The number of nitrogens with two attached hydrogens (primary N) is 1. The molecule has 0 bridgehead atoms. The molecular formula is C13H13N2P. The lowest BCUT2D eigenvalue weighted by Crippen LogP contribution is -1.90. The average molecular weight is 228 g/mol. The van der Waals surface area contributed by atoms with Crippen molar-refractivity contribution in [2.24, 2.45) is 7.05 Å². The zero-order valence-corrected chi connectivity index (χ0v) is 10.2. The van der Waals surface area contributed by atoms with E-state index in [1.807, 2.05) is 12.1 Å². The van der Waals surface area contributed by atoms with Crippen molar-refractivity contribution in [3.05, 3.63) is 36.4 Å². The van der Waals surface area contributed by atoms with Crippen LogP contribution in [0.15, 0.2) is 36.4 Å². The van der Waals surface area contributed by atoms with Crippen LogP contribution in [0.3, 0.4) is 0 Å². The van der Waals surface area contributed by atoms with Crippen molar-refractivity contribution in [3.8, 4) is 0 Å². The number of nitrogens with zero attached hydrogens (tertiary/aromatic N) is 1. The Morgan fingerprint density at radius 3 is 2.38 bits per heavy atom. The summed E-state index contributed by atoms with van der Waals surface area (Å²) in [5.41, 5.74) is 9.13. The maximum absolute atomic E-state index is 5.85.